The number of hydrogen-bond donors (Lipinski definition) is 1. The summed E-state index contributed by atoms with van der Waals surface area (Å²) in [5.74, 6) is 0.881. The Hall–Kier alpha value is -1.54. The molecule has 3 aromatic rings. The van der Waals surface area contributed by atoms with Crippen LogP contribution in [0.3, 0.4) is 0 Å². The fourth-order valence-corrected chi connectivity index (χ4v) is 2.62. The normalized spacial score (nSPS) is 11.1. The van der Waals surface area contributed by atoms with Gasteiger partial charge in [-0.1, -0.05) is 0 Å². The SMILES string of the molecule is Nc1nc(Br)n(-c2ncnc3ccsc23)n1. The van der Waals surface area contributed by atoms with Crippen molar-refractivity contribution in [2.45, 2.75) is 0 Å². The van der Waals surface area contributed by atoms with E-state index >= 15 is 0 Å². The molecule has 3 rings (SSSR count). The van der Waals surface area contributed by atoms with Crippen molar-refractivity contribution < 1.29 is 0 Å². The number of hydrogen-bond acceptors (Lipinski definition) is 6. The first kappa shape index (κ1) is 9.67. The molecule has 80 valence electrons. The third-order valence-electron chi connectivity index (χ3n) is 2.01. The van der Waals surface area contributed by atoms with Gasteiger partial charge >= 0.3 is 0 Å². The lowest BCUT2D eigenvalue weighted by atomic mass is 10.4. The summed E-state index contributed by atoms with van der Waals surface area (Å²) < 4.78 is 3.03. The molecule has 16 heavy (non-hydrogen) atoms. The zero-order chi connectivity index (χ0) is 11.1. The second-order valence-corrected chi connectivity index (χ2v) is 4.61. The summed E-state index contributed by atoms with van der Waals surface area (Å²) in [7, 11) is 0. The Morgan fingerprint density at radius 2 is 2.25 bits per heavy atom. The van der Waals surface area contributed by atoms with Crippen molar-refractivity contribution >= 4 is 43.4 Å². The van der Waals surface area contributed by atoms with E-state index < -0.39 is 0 Å². The van der Waals surface area contributed by atoms with Gasteiger partial charge in [-0.2, -0.15) is 9.67 Å². The molecule has 0 aliphatic carbocycles. The predicted octanol–water partition coefficient (Wildman–Crippen LogP) is 1.62. The molecule has 0 bridgehead atoms. The molecule has 0 fully saturated rings. The Kier molecular flexibility index (Phi) is 2.11. The van der Waals surface area contributed by atoms with Gasteiger partial charge in [0, 0.05) is 0 Å². The minimum Gasteiger partial charge on any atom is -0.366 e. The summed E-state index contributed by atoms with van der Waals surface area (Å²) >= 11 is 4.83. The highest BCUT2D eigenvalue weighted by Crippen LogP contribution is 2.25. The molecule has 0 radical (unpaired) electrons. The Morgan fingerprint density at radius 3 is 3.00 bits per heavy atom. The van der Waals surface area contributed by atoms with Crippen LogP contribution in [-0.4, -0.2) is 24.7 Å². The lowest BCUT2D eigenvalue weighted by Gasteiger charge is -2.00. The summed E-state index contributed by atoms with van der Waals surface area (Å²) in [5.41, 5.74) is 6.41. The lowest BCUT2D eigenvalue weighted by molar-refractivity contribution is 0.834. The molecule has 2 N–H and O–H groups in total. The highest BCUT2D eigenvalue weighted by molar-refractivity contribution is 9.10. The molecule has 0 atom stereocenters. The van der Waals surface area contributed by atoms with E-state index in [-0.39, 0.29) is 5.95 Å². The van der Waals surface area contributed by atoms with Crippen LogP contribution >= 0.6 is 27.3 Å². The van der Waals surface area contributed by atoms with Crippen molar-refractivity contribution in [3.05, 3.63) is 22.5 Å². The van der Waals surface area contributed by atoms with Crippen molar-refractivity contribution in [2.24, 2.45) is 0 Å². The van der Waals surface area contributed by atoms with E-state index in [1.54, 1.807) is 16.0 Å². The zero-order valence-electron chi connectivity index (χ0n) is 7.83. The molecule has 0 unspecified atom stereocenters. The topological polar surface area (TPSA) is 82.5 Å². The summed E-state index contributed by atoms with van der Waals surface area (Å²) in [4.78, 5) is 12.3. The second-order valence-electron chi connectivity index (χ2n) is 2.98. The number of rotatable bonds is 1. The van der Waals surface area contributed by atoms with E-state index in [1.807, 2.05) is 11.4 Å². The number of nitrogen functional groups attached to an aromatic ring is 1. The quantitative estimate of drug-likeness (QED) is 0.738. The predicted molar refractivity (Wildman–Crippen MR) is 64.4 cm³/mol. The summed E-state index contributed by atoms with van der Waals surface area (Å²) in [5, 5.41) is 6.02. The van der Waals surface area contributed by atoms with E-state index in [0.717, 1.165) is 10.2 Å². The van der Waals surface area contributed by atoms with E-state index in [1.165, 1.54) is 6.33 Å². The van der Waals surface area contributed by atoms with E-state index in [0.29, 0.717) is 10.6 Å². The van der Waals surface area contributed by atoms with Gasteiger partial charge in [0.2, 0.25) is 10.7 Å². The molecule has 0 aliphatic rings. The fraction of sp³-hybridized carbons (Fsp3) is 0. The van der Waals surface area contributed by atoms with Gasteiger partial charge < -0.3 is 5.73 Å². The fourth-order valence-electron chi connectivity index (χ4n) is 1.37. The highest BCUT2D eigenvalue weighted by Gasteiger charge is 2.12. The van der Waals surface area contributed by atoms with E-state index in [9.17, 15) is 0 Å². The van der Waals surface area contributed by atoms with Gasteiger partial charge in [-0.05, 0) is 27.4 Å². The maximum absolute atomic E-state index is 5.52. The van der Waals surface area contributed by atoms with Crippen LogP contribution in [0.2, 0.25) is 0 Å². The summed E-state index contributed by atoms with van der Waals surface area (Å²) in [6, 6.07) is 1.93. The van der Waals surface area contributed by atoms with Gasteiger partial charge in [0.1, 0.15) is 6.33 Å². The molecule has 0 saturated heterocycles. The monoisotopic (exact) mass is 296 g/mol. The van der Waals surface area contributed by atoms with E-state index in [2.05, 4.69) is 36.0 Å². The van der Waals surface area contributed by atoms with Crippen LogP contribution < -0.4 is 5.73 Å². The first-order valence-corrected chi connectivity index (χ1v) is 5.99. The molecule has 6 nitrogen and oxygen atoms in total. The number of nitrogens with two attached hydrogens (primary N) is 1. The Labute approximate surface area is 102 Å². The molecule has 0 aliphatic heterocycles. The molecule has 3 aromatic heterocycles. The Morgan fingerprint density at radius 1 is 1.38 bits per heavy atom. The molecule has 0 saturated carbocycles. The van der Waals surface area contributed by atoms with Gasteiger partial charge in [0.05, 0.1) is 10.2 Å². The van der Waals surface area contributed by atoms with Gasteiger partial charge in [0.15, 0.2) is 5.82 Å². The molecular formula is C8H5BrN6S. The molecule has 0 aromatic carbocycles. The number of anilines is 1. The Balaban J connectivity index is 2.33. The molecule has 0 spiro atoms. The zero-order valence-corrected chi connectivity index (χ0v) is 10.2. The van der Waals surface area contributed by atoms with Crippen LogP contribution in [0.4, 0.5) is 5.95 Å². The minimum atomic E-state index is 0.204. The van der Waals surface area contributed by atoms with Crippen molar-refractivity contribution in [3.8, 4) is 5.82 Å². The second kappa shape index (κ2) is 3.49. The largest absolute Gasteiger partial charge is 0.366 e. The third-order valence-corrected chi connectivity index (χ3v) is 3.42. The van der Waals surface area contributed by atoms with Gasteiger partial charge in [0.25, 0.3) is 0 Å². The summed E-state index contributed by atoms with van der Waals surface area (Å²) in [6.45, 7) is 0. The first-order valence-electron chi connectivity index (χ1n) is 4.32. The van der Waals surface area contributed by atoms with Crippen LogP contribution in [-0.2, 0) is 0 Å². The standard InChI is InChI=1S/C8H5BrN6S/c9-7-13-8(10)14-15(7)6-5-4(1-2-16-5)11-3-12-6/h1-3H,(H2,10,14). The number of thiophene rings is 1. The third kappa shape index (κ3) is 1.38. The molecule has 3 heterocycles. The summed E-state index contributed by atoms with van der Waals surface area (Å²) in [6.07, 6.45) is 1.49. The van der Waals surface area contributed by atoms with Crippen LogP contribution in [0.25, 0.3) is 16.0 Å². The number of nitrogens with zero attached hydrogens (tertiary/aromatic N) is 5. The van der Waals surface area contributed by atoms with Crippen LogP contribution in [0.15, 0.2) is 22.5 Å². The molecule has 8 heteroatoms. The van der Waals surface area contributed by atoms with Crippen molar-refractivity contribution in [3.63, 3.8) is 0 Å². The van der Waals surface area contributed by atoms with Crippen molar-refractivity contribution in [1.82, 2.24) is 24.7 Å². The smallest absolute Gasteiger partial charge is 0.240 e. The van der Waals surface area contributed by atoms with E-state index in [4.69, 9.17) is 5.73 Å². The average molecular weight is 297 g/mol. The van der Waals surface area contributed by atoms with Crippen LogP contribution in [0.5, 0.6) is 0 Å². The van der Waals surface area contributed by atoms with Crippen LogP contribution in [0.1, 0.15) is 0 Å². The number of halogens is 1. The van der Waals surface area contributed by atoms with Crippen LogP contribution in [0, 0.1) is 0 Å². The lowest BCUT2D eigenvalue weighted by Crippen LogP contribution is -2.01. The number of aromatic nitrogens is 5. The van der Waals surface area contributed by atoms with Gasteiger partial charge in [-0.15, -0.1) is 16.4 Å². The average Bonchev–Trinajstić information content (AvgIpc) is 2.84. The minimum absolute atomic E-state index is 0.204. The van der Waals surface area contributed by atoms with Crippen molar-refractivity contribution in [1.29, 1.82) is 0 Å². The van der Waals surface area contributed by atoms with Crippen molar-refractivity contribution in [2.75, 3.05) is 5.73 Å². The molecular weight excluding hydrogens is 292 g/mol. The van der Waals surface area contributed by atoms with Gasteiger partial charge in [-0.3, -0.25) is 0 Å². The van der Waals surface area contributed by atoms with Gasteiger partial charge in [-0.25, -0.2) is 9.97 Å². The first-order chi connectivity index (χ1) is 7.75. The maximum atomic E-state index is 5.52. The highest BCUT2D eigenvalue weighted by atomic mass is 79.9. The number of fused-ring (bicyclic) bond motifs is 1. The Bertz CT molecular complexity index is 659. The molecule has 0 amide bonds. The maximum Gasteiger partial charge on any atom is 0.240 e.